The van der Waals surface area contributed by atoms with E-state index in [1.807, 2.05) is 0 Å². The molecule has 0 N–H and O–H groups in total. The Hall–Kier alpha value is -0.640. The van der Waals surface area contributed by atoms with E-state index in [9.17, 15) is 0 Å². The van der Waals surface area contributed by atoms with Crippen molar-refractivity contribution >= 4 is 0 Å². The molecule has 0 amide bonds. The first kappa shape index (κ1) is 42.4. The summed E-state index contributed by atoms with van der Waals surface area (Å²) in [6, 6.07) is 0. The summed E-state index contributed by atoms with van der Waals surface area (Å²) in [7, 11) is 6.76. The van der Waals surface area contributed by atoms with E-state index < -0.39 is 0 Å². The lowest BCUT2D eigenvalue weighted by atomic mass is 10.1. The Morgan fingerprint density at radius 3 is 1.19 bits per heavy atom. The van der Waals surface area contributed by atoms with Gasteiger partial charge in [0.05, 0.1) is 27.7 Å². The molecule has 0 rings (SSSR count). The van der Waals surface area contributed by atoms with Crippen molar-refractivity contribution in [2.24, 2.45) is 0 Å². The maximum atomic E-state index is 6.31. The maximum absolute atomic E-state index is 6.31. The lowest BCUT2D eigenvalue weighted by molar-refractivity contribution is -0.873. The molecular weight excluding hydrogens is 526 g/mol. The molecule has 0 radical (unpaired) electrons. The topological polar surface area (TPSA) is 18.5 Å². The largest absolute Gasteiger partial charge is 0.379 e. The fourth-order valence-corrected chi connectivity index (χ4v) is 5.68. The minimum absolute atomic E-state index is 0.211. The van der Waals surface area contributed by atoms with Gasteiger partial charge in [-0.15, -0.1) is 0 Å². The molecule has 0 saturated heterocycles. The van der Waals surface area contributed by atoms with E-state index in [1.165, 1.54) is 167 Å². The quantitative estimate of drug-likeness (QED) is 0.0406. The standard InChI is InChI=1S/C40H80NO2/c1-6-8-10-12-14-16-18-20-22-24-26-28-30-32-34-36-42-39-40(38-41(3,4)5)43-37-35-33-31-29-27-25-23-21-19-17-15-13-11-9-7-2/h18-21,40H,6-17,22-39H2,1-5H3/q+1/b20-18-,21-19-/t40-/m1/s1. The van der Waals surface area contributed by atoms with E-state index in [4.69, 9.17) is 9.47 Å². The van der Waals surface area contributed by atoms with Crippen LogP contribution >= 0.6 is 0 Å². The fourth-order valence-electron chi connectivity index (χ4n) is 5.68. The Morgan fingerprint density at radius 1 is 0.442 bits per heavy atom. The van der Waals surface area contributed by atoms with Crippen molar-refractivity contribution in [1.29, 1.82) is 0 Å². The van der Waals surface area contributed by atoms with E-state index >= 15 is 0 Å². The zero-order valence-electron chi connectivity index (χ0n) is 30.4. The number of hydrogen-bond donors (Lipinski definition) is 0. The van der Waals surface area contributed by atoms with Crippen molar-refractivity contribution in [1.82, 2.24) is 0 Å². The summed E-state index contributed by atoms with van der Waals surface area (Å²) in [6.07, 6.45) is 44.7. The zero-order chi connectivity index (χ0) is 31.5. The molecule has 3 heteroatoms. The lowest BCUT2D eigenvalue weighted by Crippen LogP contribution is -2.44. The second-order valence-corrected chi connectivity index (χ2v) is 14.2. The van der Waals surface area contributed by atoms with E-state index in [0.717, 1.165) is 30.8 Å². The van der Waals surface area contributed by atoms with Crippen LogP contribution in [0.4, 0.5) is 0 Å². The van der Waals surface area contributed by atoms with Crippen LogP contribution in [0.5, 0.6) is 0 Å². The van der Waals surface area contributed by atoms with Gasteiger partial charge in [0.25, 0.3) is 0 Å². The molecule has 256 valence electrons. The molecule has 0 aromatic carbocycles. The third-order valence-corrected chi connectivity index (χ3v) is 8.37. The molecule has 0 aromatic rings. The normalized spacial score (nSPS) is 13.1. The van der Waals surface area contributed by atoms with Gasteiger partial charge in [0.2, 0.25) is 0 Å². The SMILES string of the molecule is CCCCCCC/C=C\CCCCCCCCOC[C@@H](C[N+](C)(C)C)OCCCCCCCC/C=C\CCCCCCC. The van der Waals surface area contributed by atoms with Gasteiger partial charge in [0.15, 0.2) is 0 Å². The van der Waals surface area contributed by atoms with Crippen molar-refractivity contribution < 1.29 is 14.0 Å². The molecule has 0 aliphatic rings. The molecule has 3 nitrogen and oxygen atoms in total. The number of ether oxygens (including phenoxy) is 2. The van der Waals surface area contributed by atoms with Gasteiger partial charge in [-0.25, -0.2) is 0 Å². The average Bonchev–Trinajstić information content (AvgIpc) is 2.97. The fraction of sp³-hybridized carbons (Fsp3) is 0.900. The molecular formula is C40H80NO2+. The van der Waals surface area contributed by atoms with Gasteiger partial charge < -0.3 is 14.0 Å². The number of rotatable bonds is 35. The van der Waals surface area contributed by atoms with Crippen molar-refractivity contribution in [3.63, 3.8) is 0 Å². The Bertz CT molecular complexity index is 580. The van der Waals surface area contributed by atoms with E-state index in [1.54, 1.807) is 0 Å². The second kappa shape index (κ2) is 34.2. The molecule has 0 saturated carbocycles. The van der Waals surface area contributed by atoms with Crippen LogP contribution < -0.4 is 0 Å². The highest BCUT2D eigenvalue weighted by molar-refractivity contribution is 4.82. The number of likely N-dealkylation sites (N-methyl/N-ethyl adjacent to an activating group) is 1. The smallest absolute Gasteiger partial charge is 0.130 e. The number of allylic oxidation sites excluding steroid dienone is 4. The lowest BCUT2D eigenvalue weighted by Gasteiger charge is -2.29. The van der Waals surface area contributed by atoms with Crippen molar-refractivity contribution in [3.8, 4) is 0 Å². The molecule has 0 fully saturated rings. The van der Waals surface area contributed by atoms with Gasteiger partial charge in [-0.2, -0.15) is 0 Å². The molecule has 0 heterocycles. The summed E-state index contributed by atoms with van der Waals surface area (Å²) in [5.41, 5.74) is 0. The van der Waals surface area contributed by atoms with E-state index in [2.05, 4.69) is 59.3 Å². The predicted octanol–water partition coefficient (Wildman–Crippen LogP) is 12.4. The van der Waals surface area contributed by atoms with Crippen LogP contribution in [0.25, 0.3) is 0 Å². The first-order chi connectivity index (χ1) is 21.0. The number of nitrogens with zero attached hydrogens (tertiary/aromatic N) is 1. The average molecular weight is 607 g/mol. The van der Waals surface area contributed by atoms with Crippen molar-refractivity contribution in [3.05, 3.63) is 24.3 Å². The van der Waals surface area contributed by atoms with Crippen LogP contribution in [0, 0.1) is 0 Å². The summed E-state index contributed by atoms with van der Waals surface area (Å²) >= 11 is 0. The Labute approximate surface area is 272 Å². The van der Waals surface area contributed by atoms with Gasteiger partial charge in [-0.1, -0.05) is 141 Å². The molecule has 0 bridgehead atoms. The molecule has 0 aliphatic heterocycles. The highest BCUT2D eigenvalue weighted by Crippen LogP contribution is 2.12. The molecule has 0 spiro atoms. The summed E-state index contributed by atoms with van der Waals surface area (Å²) in [5.74, 6) is 0. The van der Waals surface area contributed by atoms with Gasteiger partial charge in [0.1, 0.15) is 12.6 Å². The maximum Gasteiger partial charge on any atom is 0.130 e. The van der Waals surface area contributed by atoms with E-state index in [0.29, 0.717) is 0 Å². The number of hydrogen-bond acceptors (Lipinski definition) is 2. The number of unbranched alkanes of at least 4 members (excludes halogenated alkanes) is 22. The minimum Gasteiger partial charge on any atom is -0.379 e. The Kier molecular flexibility index (Phi) is 33.7. The van der Waals surface area contributed by atoms with Crippen LogP contribution in [0.1, 0.15) is 181 Å². The highest BCUT2D eigenvalue weighted by Gasteiger charge is 2.19. The summed E-state index contributed by atoms with van der Waals surface area (Å²) in [5, 5.41) is 0. The zero-order valence-corrected chi connectivity index (χ0v) is 30.4. The molecule has 0 aliphatic carbocycles. The van der Waals surface area contributed by atoms with Crippen LogP contribution in [0.2, 0.25) is 0 Å². The van der Waals surface area contributed by atoms with Crippen LogP contribution in [-0.2, 0) is 9.47 Å². The first-order valence-corrected chi connectivity index (χ1v) is 19.3. The summed E-state index contributed by atoms with van der Waals surface area (Å²) in [4.78, 5) is 0. The van der Waals surface area contributed by atoms with Gasteiger partial charge in [0, 0.05) is 13.2 Å². The van der Waals surface area contributed by atoms with Crippen LogP contribution in [-0.4, -0.2) is 58.1 Å². The van der Waals surface area contributed by atoms with Gasteiger partial charge in [-0.3, -0.25) is 0 Å². The van der Waals surface area contributed by atoms with Crippen molar-refractivity contribution in [2.75, 3.05) is 47.5 Å². The minimum atomic E-state index is 0.211. The highest BCUT2D eigenvalue weighted by atomic mass is 16.5. The Balaban J connectivity index is 3.64. The molecule has 0 unspecified atom stereocenters. The third-order valence-electron chi connectivity index (χ3n) is 8.37. The van der Waals surface area contributed by atoms with Crippen LogP contribution in [0.3, 0.4) is 0 Å². The molecule has 43 heavy (non-hydrogen) atoms. The summed E-state index contributed by atoms with van der Waals surface area (Å²) in [6.45, 7) is 8.09. The first-order valence-electron chi connectivity index (χ1n) is 19.3. The predicted molar refractivity (Wildman–Crippen MR) is 193 cm³/mol. The Morgan fingerprint density at radius 2 is 0.791 bits per heavy atom. The van der Waals surface area contributed by atoms with E-state index in [-0.39, 0.29) is 6.10 Å². The molecule has 1 atom stereocenters. The summed E-state index contributed by atoms with van der Waals surface area (Å²) < 4.78 is 13.3. The van der Waals surface area contributed by atoms with Gasteiger partial charge in [-0.05, 0) is 64.2 Å². The third kappa shape index (κ3) is 37.5. The van der Waals surface area contributed by atoms with Crippen LogP contribution in [0.15, 0.2) is 24.3 Å². The van der Waals surface area contributed by atoms with Crippen molar-refractivity contribution in [2.45, 2.75) is 187 Å². The molecule has 0 aromatic heterocycles. The monoisotopic (exact) mass is 607 g/mol. The van der Waals surface area contributed by atoms with Gasteiger partial charge >= 0.3 is 0 Å². The number of quaternary nitrogens is 1. The second-order valence-electron chi connectivity index (χ2n) is 14.2.